The minimum Gasteiger partial charge on any atom is -0.494 e. The molecule has 0 radical (unpaired) electrons. The molecular formula is C19H26IN3O. The van der Waals surface area contributed by atoms with Crippen molar-refractivity contribution in [3.63, 3.8) is 0 Å². The molecule has 0 unspecified atom stereocenters. The van der Waals surface area contributed by atoms with Crippen LogP contribution in [-0.2, 0) is 13.0 Å². The zero-order valence-corrected chi connectivity index (χ0v) is 16.6. The number of hydrogen-bond donors (Lipinski definition) is 2. The Morgan fingerprint density at radius 1 is 1.00 bits per heavy atom. The first-order valence-corrected chi connectivity index (χ1v) is 8.02. The van der Waals surface area contributed by atoms with Gasteiger partial charge >= 0.3 is 0 Å². The third-order valence-electron chi connectivity index (χ3n) is 3.44. The highest BCUT2D eigenvalue weighted by atomic mass is 127. The fourth-order valence-electron chi connectivity index (χ4n) is 2.29. The third kappa shape index (κ3) is 7.21. The second-order valence-corrected chi connectivity index (χ2v) is 5.17. The molecule has 5 heteroatoms. The summed E-state index contributed by atoms with van der Waals surface area (Å²) in [5.41, 5.74) is 2.49. The lowest BCUT2D eigenvalue weighted by Crippen LogP contribution is -2.37. The van der Waals surface area contributed by atoms with E-state index in [1.807, 2.05) is 31.2 Å². The second kappa shape index (κ2) is 11.7. The van der Waals surface area contributed by atoms with Gasteiger partial charge in [-0.05, 0) is 36.6 Å². The van der Waals surface area contributed by atoms with Crippen LogP contribution in [0.2, 0.25) is 0 Å². The van der Waals surface area contributed by atoms with Crippen LogP contribution in [0.25, 0.3) is 0 Å². The average Bonchev–Trinajstić information content (AvgIpc) is 2.59. The second-order valence-electron chi connectivity index (χ2n) is 5.17. The van der Waals surface area contributed by atoms with Gasteiger partial charge in [0.2, 0.25) is 0 Å². The monoisotopic (exact) mass is 439 g/mol. The molecular weight excluding hydrogens is 413 g/mol. The zero-order valence-electron chi connectivity index (χ0n) is 14.3. The number of hydrogen-bond acceptors (Lipinski definition) is 2. The largest absolute Gasteiger partial charge is 0.494 e. The van der Waals surface area contributed by atoms with Gasteiger partial charge in [0.1, 0.15) is 5.75 Å². The molecule has 0 bridgehead atoms. The Morgan fingerprint density at radius 2 is 1.75 bits per heavy atom. The molecule has 0 spiro atoms. The van der Waals surface area contributed by atoms with Gasteiger partial charge in [0.05, 0.1) is 6.61 Å². The number of aliphatic imine (C=N–C) groups is 1. The van der Waals surface area contributed by atoms with Crippen molar-refractivity contribution in [2.75, 3.05) is 20.2 Å². The van der Waals surface area contributed by atoms with Crippen LogP contribution in [0.3, 0.4) is 0 Å². The van der Waals surface area contributed by atoms with E-state index in [-0.39, 0.29) is 24.0 Å². The number of guanidine groups is 1. The molecule has 130 valence electrons. The quantitative estimate of drug-likeness (QED) is 0.394. The first-order valence-electron chi connectivity index (χ1n) is 8.02. The maximum Gasteiger partial charge on any atom is 0.191 e. The molecule has 0 amide bonds. The molecule has 0 aliphatic carbocycles. The van der Waals surface area contributed by atoms with Crippen LogP contribution in [0.15, 0.2) is 59.6 Å². The van der Waals surface area contributed by atoms with Crippen molar-refractivity contribution in [3.05, 3.63) is 65.7 Å². The maximum absolute atomic E-state index is 5.52. The lowest BCUT2D eigenvalue weighted by molar-refractivity contribution is 0.340. The standard InChI is InChI=1S/C19H25N3O.HI/c1-3-23-18-11-7-10-17(14-18)15-22-19(20-2)21-13-12-16-8-5-4-6-9-16;/h4-11,14H,3,12-13,15H2,1-2H3,(H2,20,21,22);1H. The Kier molecular flexibility index (Phi) is 9.91. The van der Waals surface area contributed by atoms with Crippen LogP contribution in [0.4, 0.5) is 0 Å². The smallest absolute Gasteiger partial charge is 0.191 e. The van der Waals surface area contributed by atoms with E-state index in [0.29, 0.717) is 13.2 Å². The lowest BCUT2D eigenvalue weighted by Gasteiger charge is -2.12. The van der Waals surface area contributed by atoms with E-state index in [1.54, 1.807) is 7.05 Å². The number of nitrogens with zero attached hydrogens (tertiary/aromatic N) is 1. The summed E-state index contributed by atoms with van der Waals surface area (Å²) in [6, 6.07) is 18.5. The van der Waals surface area contributed by atoms with Crippen LogP contribution in [0, 0.1) is 0 Å². The van der Waals surface area contributed by atoms with Gasteiger partial charge in [0.15, 0.2) is 5.96 Å². The normalized spacial score (nSPS) is 10.7. The van der Waals surface area contributed by atoms with E-state index in [0.717, 1.165) is 24.7 Å². The summed E-state index contributed by atoms with van der Waals surface area (Å²) in [6.45, 7) is 4.23. The summed E-state index contributed by atoms with van der Waals surface area (Å²) in [5, 5.41) is 6.66. The van der Waals surface area contributed by atoms with Crippen LogP contribution < -0.4 is 15.4 Å². The molecule has 0 heterocycles. The Balaban J connectivity index is 0.00000288. The van der Waals surface area contributed by atoms with Crippen molar-refractivity contribution < 1.29 is 4.74 Å². The highest BCUT2D eigenvalue weighted by Gasteiger charge is 2.00. The van der Waals surface area contributed by atoms with Gasteiger partial charge in [0.25, 0.3) is 0 Å². The fraction of sp³-hybridized carbons (Fsp3) is 0.316. The predicted molar refractivity (Wildman–Crippen MR) is 111 cm³/mol. The van der Waals surface area contributed by atoms with Crippen molar-refractivity contribution in [1.29, 1.82) is 0 Å². The van der Waals surface area contributed by atoms with Crippen molar-refractivity contribution >= 4 is 29.9 Å². The number of rotatable bonds is 7. The van der Waals surface area contributed by atoms with Crippen molar-refractivity contribution in [2.24, 2.45) is 4.99 Å². The van der Waals surface area contributed by atoms with Gasteiger partial charge < -0.3 is 15.4 Å². The van der Waals surface area contributed by atoms with Gasteiger partial charge in [0, 0.05) is 20.1 Å². The van der Waals surface area contributed by atoms with Crippen LogP contribution in [0.5, 0.6) is 5.75 Å². The van der Waals surface area contributed by atoms with Crippen LogP contribution >= 0.6 is 24.0 Å². The summed E-state index contributed by atoms with van der Waals surface area (Å²) < 4.78 is 5.52. The van der Waals surface area contributed by atoms with Gasteiger partial charge in [-0.3, -0.25) is 4.99 Å². The summed E-state index contributed by atoms with van der Waals surface area (Å²) in [6.07, 6.45) is 0.974. The Morgan fingerprint density at radius 3 is 2.46 bits per heavy atom. The first kappa shape index (κ1) is 20.3. The molecule has 0 aliphatic rings. The number of benzene rings is 2. The molecule has 2 aromatic carbocycles. The third-order valence-corrected chi connectivity index (χ3v) is 3.44. The minimum atomic E-state index is 0. The molecule has 4 nitrogen and oxygen atoms in total. The predicted octanol–water partition coefficient (Wildman–Crippen LogP) is 3.61. The number of ether oxygens (including phenoxy) is 1. The maximum atomic E-state index is 5.52. The van der Waals surface area contributed by atoms with E-state index in [4.69, 9.17) is 4.74 Å². The van der Waals surface area contributed by atoms with Crippen molar-refractivity contribution in [1.82, 2.24) is 10.6 Å². The number of halogens is 1. The average molecular weight is 439 g/mol. The highest BCUT2D eigenvalue weighted by Crippen LogP contribution is 2.12. The first-order chi connectivity index (χ1) is 11.3. The Hall–Kier alpha value is -1.76. The molecule has 2 rings (SSSR count). The molecule has 0 atom stereocenters. The van der Waals surface area contributed by atoms with E-state index in [2.05, 4.69) is 46.0 Å². The van der Waals surface area contributed by atoms with Crippen LogP contribution in [-0.4, -0.2) is 26.2 Å². The van der Waals surface area contributed by atoms with Gasteiger partial charge in [-0.25, -0.2) is 0 Å². The van der Waals surface area contributed by atoms with E-state index < -0.39 is 0 Å². The highest BCUT2D eigenvalue weighted by molar-refractivity contribution is 14.0. The van der Waals surface area contributed by atoms with E-state index >= 15 is 0 Å². The summed E-state index contributed by atoms with van der Waals surface area (Å²) in [5.74, 6) is 1.71. The lowest BCUT2D eigenvalue weighted by atomic mass is 10.1. The molecule has 2 N–H and O–H groups in total. The SMILES string of the molecule is CCOc1cccc(CNC(=NC)NCCc2ccccc2)c1.I. The van der Waals surface area contributed by atoms with E-state index in [9.17, 15) is 0 Å². The molecule has 24 heavy (non-hydrogen) atoms. The molecule has 0 saturated heterocycles. The summed E-state index contributed by atoms with van der Waals surface area (Å²) in [4.78, 5) is 4.26. The molecule has 0 fully saturated rings. The fourth-order valence-corrected chi connectivity index (χ4v) is 2.29. The van der Waals surface area contributed by atoms with E-state index in [1.165, 1.54) is 11.1 Å². The van der Waals surface area contributed by atoms with Crippen molar-refractivity contribution in [3.8, 4) is 5.75 Å². The summed E-state index contributed by atoms with van der Waals surface area (Å²) in [7, 11) is 1.79. The molecule has 0 aromatic heterocycles. The molecule has 2 aromatic rings. The van der Waals surface area contributed by atoms with Gasteiger partial charge in [-0.2, -0.15) is 0 Å². The van der Waals surface area contributed by atoms with Gasteiger partial charge in [-0.15, -0.1) is 24.0 Å². The zero-order chi connectivity index (χ0) is 16.3. The van der Waals surface area contributed by atoms with Crippen molar-refractivity contribution in [2.45, 2.75) is 19.9 Å². The van der Waals surface area contributed by atoms with Crippen LogP contribution in [0.1, 0.15) is 18.1 Å². The number of nitrogens with one attached hydrogen (secondary N) is 2. The Bertz CT molecular complexity index is 617. The van der Waals surface area contributed by atoms with Gasteiger partial charge in [-0.1, -0.05) is 42.5 Å². The molecule has 0 saturated carbocycles. The summed E-state index contributed by atoms with van der Waals surface area (Å²) >= 11 is 0. The Labute approximate surface area is 161 Å². The minimum absolute atomic E-state index is 0. The topological polar surface area (TPSA) is 45.6 Å². The molecule has 0 aliphatic heterocycles.